The molecule has 1 aliphatic heterocycles. The fourth-order valence-corrected chi connectivity index (χ4v) is 4.26. The number of aromatic amines is 1. The van der Waals surface area contributed by atoms with Gasteiger partial charge in [0.15, 0.2) is 5.82 Å². The van der Waals surface area contributed by atoms with Gasteiger partial charge in [0.25, 0.3) is 5.56 Å². The lowest BCUT2D eigenvalue weighted by Gasteiger charge is -2.33. The number of aryl methyl sites for hydroxylation is 1. The van der Waals surface area contributed by atoms with Gasteiger partial charge in [0, 0.05) is 37.8 Å². The Morgan fingerprint density at radius 1 is 1.00 bits per heavy atom. The zero-order chi connectivity index (χ0) is 24.5. The van der Waals surface area contributed by atoms with Gasteiger partial charge in [-0.1, -0.05) is 18.2 Å². The summed E-state index contributed by atoms with van der Waals surface area (Å²) in [5.41, 5.74) is 3.80. The standard InChI is InChI=1S/C25H23FN6O3/c1-16-4-2-3-5-20(16)32-21(33)11-10-19(29-32)22-23(17-6-8-18(26)9-7-17)27-28-24(22)30-12-14-31(15-13-30)25(34)35/h2-11H,12-15H2,1H3,(H,27,28)(H,34,35). The van der Waals surface area contributed by atoms with Crippen molar-refractivity contribution in [2.45, 2.75) is 6.92 Å². The van der Waals surface area contributed by atoms with Crippen molar-refractivity contribution in [2.75, 3.05) is 31.1 Å². The summed E-state index contributed by atoms with van der Waals surface area (Å²) in [5, 5.41) is 21.6. The summed E-state index contributed by atoms with van der Waals surface area (Å²) in [4.78, 5) is 27.4. The number of nitrogens with one attached hydrogen (secondary N) is 1. The van der Waals surface area contributed by atoms with Gasteiger partial charge in [0.1, 0.15) is 5.82 Å². The molecule has 5 rings (SSSR count). The van der Waals surface area contributed by atoms with E-state index in [1.165, 1.54) is 27.8 Å². The number of anilines is 1. The molecule has 1 saturated heterocycles. The molecule has 0 unspecified atom stereocenters. The molecular weight excluding hydrogens is 451 g/mol. The summed E-state index contributed by atoms with van der Waals surface area (Å²) in [6.07, 6.45) is -0.953. The molecule has 0 atom stereocenters. The summed E-state index contributed by atoms with van der Waals surface area (Å²) in [5.74, 6) is 0.239. The lowest BCUT2D eigenvalue weighted by Crippen LogP contribution is -2.48. The van der Waals surface area contributed by atoms with Gasteiger partial charge in [0.2, 0.25) is 0 Å². The zero-order valence-electron chi connectivity index (χ0n) is 19.0. The molecule has 4 aromatic rings. The van der Waals surface area contributed by atoms with E-state index in [1.54, 1.807) is 18.2 Å². The third-order valence-corrected chi connectivity index (χ3v) is 6.13. The van der Waals surface area contributed by atoms with Gasteiger partial charge in [-0.05, 0) is 48.9 Å². The van der Waals surface area contributed by atoms with Gasteiger partial charge in [-0.25, -0.2) is 9.18 Å². The van der Waals surface area contributed by atoms with Crippen LogP contribution in [0, 0.1) is 12.7 Å². The Kier molecular flexibility index (Phi) is 5.77. The maximum absolute atomic E-state index is 13.6. The molecule has 2 aromatic heterocycles. The number of hydrogen-bond donors (Lipinski definition) is 2. The zero-order valence-corrected chi connectivity index (χ0v) is 19.0. The number of hydrogen-bond acceptors (Lipinski definition) is 5. The Hall–Kier alpha value is -4.47. The second-order valence-electron chi connectivity index (χ2n) is 8.32. The minimum Gasteiger partial charge on any atom is -0.465 e. The van der Waals surface area contributed by atoms with Crippen molar-refractivity contribution in [1.29, 1.82) is 0 Å². The fourth-order valence-electron chi connectivity index (χ4n) is 4.26. The number of H-pyrrole nitrogens is 1. The second kappa shape index (κ2) is 9.05. The van der Waals surface area contributed by atoms with Gasteiger partial charge in [0.05, 0.1) is 22.6 Å². The molecule has 0 radical (unpaired) electrons. The molecule has 9 nitrogen and oxygen atoms in total. The number of rotatable bonds is 4. The van der Waals surface area contributed by atoms with E-state index in [4.69, 9.17) is 0 Å². The first kappa shape index (κ1) is 22.3. The second-order valence-corrected chi connectivity index (χ2v) is 8.32. The number of carboxylic acid groups (broad SMARTS) is 1. The number of carbonyl (C=O) groups is 1. The van der Waals surface area contributed by atoms with E-state index in [0.717, 1.165) is 5.56 Å². The summed E-state index contributed by atoms with van der Waals surface area (Å²) in [6, 6.07) is 16.6. The number of nitrogens with zero attached hydrogens (tertiary/aromatic N) is 5. The van der Waals surface area contributed by atoms with E-state index in [9.17, 15) is 19.1 Å². The largest absolute Gasteiger partial charge is 0.465 e. The van der Waals surface area contributed by atoms with Crippen molar-refractivity contribution in [3.63, 3.8) is 0 Å². The molecule has 3 heterocycles. The highest BCUT2D eigenvalue weighted by molar-refractivity contribution is 5.87. The number of benzene rings is 2. The fraction of sp³-hybridized carbons (Fsp3) is 0.200. The van der Waals surface area contributed by atoms with Crippen molar-refractivity contribution in [1.82, 2.24) is 24.9 Å². The molecule has 0 bridgehead atoms. The first-order valence-electron chi connectivity index (χ1n) is 11.2. The highest BCUT2D eigenvalue weighted by Gasteiger charge is 2.27. The monoisotopic (exact) mass is 474 g/mol. The van der Waals surface area contributed by atoms with Gasteiger partial charge in [-0.3, -0.25) is 9.89 Å². The Morgan fingerprint density at radius 3 is 2.40 bits per heavy atom. The van der Waals surface area contributed by atoms with Gasteiger partial charge in [-0.2, -0.15) is 14.9 Å². The van der Waals surface area contributed by atoms with E-state index in [1.807, 2.05) is 36.1 Å². The molecule has 2 N–H and O–H groups in total. The van der Waals surface area contributed by atoms with Crippen LogP contribution in [0.3, 0.4) is 0 Å². The third kappa shape index (κ3) is 4.25. The predicted molar refractivity (Wildman–Crippen MR) is 129 cm³/mol. The maximum atomic E-state index is 13.6. The van der Waals surface area contributed by atoms with E-state index in [2.05, 4.69) is 15.3 Å². The van der Waals surface area contributed by atoms with Gasteiger partial charge < -0.3 is 14.9 Å². The Morgan fingerprint density at radius 2 is 1.71 bits per heavy atom. The topological polar surface area (TPSA) is 107 Å². The molecule has 178 valence electrons. The van der Waals surface area contributed by atoms with Crippen molar-refractivity contribution < 1.29 is 14.3 Å². The number of amides is 1. The number of piperazine rings is 1. The number of aromatic nitrogens is 4. The van der Waals surface area contributed by atoms with Crippen LogP contribution in [-0.4, -0.2) is 62.3 Å². The minimum atomic E-state index is -0.953. The van der Waals surface area contributed by atoms with Crippen LogP contribution in [0.4, 0.5) is 15.0 Å². The predicted octanol–water partition coefficient (Wildman–Crippen LogP) is 3.54. The average Bonchev–Trinajstić information content (AvgIpc) is 3.30. The molecule has 35 heavy (non-hydrogen) atoms. The van der Waals surface area contributed by atoms with Crippen LogP contribution in [0.1, 0.15) is 5.56 Å². The average molecular weight is 474 g/mol. The smallest absolute Gasteiger partial charge is 0.407 e. The molecule has 0 spiro atoms. The van der Waals surface area contributed by atoms with E-state index >= 15 is 0 Å². The molecule has 0 saturated carbocycles. The Balaban J connectivity index is 1.64. The minimum absolute atomic E-state index is 0.272. The summed E-state index contributed by atoms with van der Waals surface area (Å²) in [7, 11) is 0. The highest BCUT2D eigenvalue weighted by Crippen LogP contribution is 2.37. The first-order valence-corrected chi connectivity index (χ1v) is 11.2. The van der Waals surface area contributed by atoms with E-state index in [-0.39, 0.29) is 11.4 Å². The third-order valence-electron chi connectivity index (χ3n) is 6.13. The van der Waals surface area contributed by atoms with E-state index in [0.29, 0.717) is 60.2 Å². The normalized spacial score (nSPS) is 13.8. The number of halogens is 1. The SMILES string of the molecule is Cc1ccccc1-n1nc(-c2c(N3CCN(C(=O)O)CC3)n[nH]c2-c2ccc(F)cc2)ccc1=O. The van der Waals surface area contributed by atoms with Crippen LogP contribution in [-0.2, 0) is 0 Å². The molecule has 10 heteroatoms. The van der Waals surface area contributed by atoms with Gasteiger partial charge >= 0.3 is 6.09 Å². The molecular formula is C25H23FN6O3. The van der Waals surface area contributed by atoms with E-state index < -0.39 is 6.09 Å². The molecule has 2 aromatic carbocycles. The Bertz CT molecular complexity index is 1440. The van der Waals surface area contributed by atoms with Gasteiger partial charge in [-0.15, -0.1) is 0 Å². The van der Waals surface area contributed by atoms with Crippen LogP contribution >= 0.6 is 0 Å². The lowest BCUT2D eigenvalue weighted by atomic mass is 10.0. The van der Waals surface area contributed by atoms with Crippen molar-refractivity contribution in [3.8, 4) is 28.2 Å². The molecule has 1 aliphatic rings. The quantitative estimate of drug-likeness (QED) is 0.469. The van der Waals surface area contributed by atoms with Crippen LogP contribution in [0.15, 0.2) is 65.5 Å². The van der Waals surface area contributed by atoms with Crippen molar-refractivity contribution in [3.05, 3.63) is 82.4 Å². The van der Waals surface area contributed by atoms with Crippen LogP contribution in [0.2, 0.25) is 0 Å². The van der Waals surface area contributed by atoms with Crippen molar-refractivity contribution in [2.24, 2.45) is 0 Å². The maximum Gasteiger partial charge on any atom is 0.407 e. The summed E-state index contributed by atoms with van der Waals surface area (Å²) in [6.45, 7) is 3.48. The summed E-state index contributed by atoms with van der Waals surface area (Å²) >= 11 is 0. The van der Waals surface area contributed by atoms with Crippen LogP contribution in [0.5, 0.6) is 0 Å². The molecule has 1 fully saturated rings. The van der Waals surface area contributed by atoms with Crippen LogP contribution in [0.25, 0.3) is 28.2 Å². The molecule has 1 amide bonds. The summed E-state index contributed by atoms with van der Waals surface area (Å²) < 4.78 is 15.0. The highest BCUT2D eigenvalue weighted by atomic mass is 19.1. The molecule has 0 aliphatic carbocycles. The van der Waals surface area contributed by atoms with Crippen LogP contribution < -0.4 is 10.5 Å². The first-order chi connectivity index (χ1) is 16.9. The van der Waals surface area contributed by atoms with Crippen molar-refractivity contribution >= 4 is 11.9 Å². The lowest BCUT2D eigenvalue weighted by molar-refractivity contribution is 0.142. The Labute approximate surface area is 200 Å². The number of para-hydroxylation sites is 1.